The first-order valence-corrected chi connectivity index (χ1v) is 4.69. The summed E-state index contributed by atoms with van der Waals surface area (Å²) in [6.07, 6.45) is 1.41. The molecule has 0 radical (unpaired) electrons. The molecule has 0 saturated heterocycles. The molecular weight excluding hydrogens is 220 g/mol. The summed E-state index contributed by atoms with van der Waals surface area (Å²) in [5, 5.41) is 20.3. The third-order valence-corrected chi connectivity index (χ3v) is 1.97. The van der Waals surface area contributed by atoms with Crippen LogP contribution in [0.4, 0.5) is 0 Å². The lowest BCUT2D eigenvalue weighted by Gasteiger charge is -2.12. The summed E-state index contributed by atoms with van der Waals surface area (Å²) in [5.74, 6) is -0.481. The second-order valence-corrected chi connectivity index (χ2v) is 3.33. The number of aromatic nitrogens is 1. The zero-order chi connectivity index (χ0) is 11.3. The molecule has 0 saturated carbocycles. The Morgan fingerprint density at radius 1 is 1.53 bits per heavy atom. The Hall–Kier alpha value is -1.17. The summed E-state index contributed by atoms with van der Waals surface area (Å²) in [6, 6.07) is 2.27. The van der Waals surface area contributed by atoms with Crippen LogP contribution in [0, 0.1) is 0 Å². The Morgan fingerprint density at radius 3 is 2.73 bits per heavy atom. The number of carbonyl (C=O) groups is 1. The van der Waals surface area contributed by atoms with Crippen LogP contribution in [0.2, 0.25) is 5.02 Å². The van der Waals surface area contributed by atoms with Crippen molar-refractivity contribution in [2.75, 3.05) is 13.2 Å². The lowest BCUT2D eigenvalue weighted by molar-refractivity contribution is 0.0874. The lowest BCUT2D eigenvalue weighted by atomic mass is 10.3. The maximum atomic E-state index is 11.5. The molecule has 0 atom stereocenters. The molecule has 1 aromatic heterocycles. The van der Waals surface area contributed by atoms with Crippen LogP contribution in [0.25, 0.3) is 0 Å². The maximum Gasteiger partial charge on any atom is 0.270 e. The molecule has 0 aromatic carbocycles. The molecule has 0 fully saturated rings. The van der Waals surface area contributed by atoms with E-state index < -0.39 is 11.9 Å². The van der Waals surface area contributed by atoms with Crippen LogP contribution in [0.1, 0.15) is 10.5 Å². The number of aliphatic hydroxyl groups is 2. The number of rotatable bonds is 4. The number of pyridine rings is 1. The molecule has 1 amide bonds. The SMILES string of the molecule is O=C(NC(CO)CO)c1cc(Cl)ccn1. The fourth-order valence-corrected chi connectivity index (χ4v) is 1.10. The van der Waals surface area contributed by atoms with Gasteiger partial charge in [-0.3, -0.25) is 9.78 Å². The Balaban J connectivity index is 2.68. The van der Waals surface area contributed by atoms with Gasteiger partial charge in [-0.1, -0.05) is 11.6 Å². The smallest absolute Gasteiger partial charge is 0.270 e. The minimum Gasteiger partial charge on any atom is -0.394 e. The fraction of sp³-hybridized carbons (Fsp3) is 0.333. The largest absolute Gasteiger partial charge is 0.394 e. The molecule has 0 aliphatic rings. The zero-order valence-corrected chi connectivity index (χ0v) is 8.61. The number of nitrogens with zero attached hydrogens (tertiary/aromatic N) is 1. The first kappa shape index (κ1) is 11.9. The summed E-state index contributed by atoms with van der Waals surface area (Å²) in [5.41, 5.74) is 0.148. The first-order valence-electron chi connectivity index (χ1n) is 4.31. The summed E-state index contributed by atoms with van der Waals surface area (Å²) in [6.45, 7) is -0.661. The molecule has 15 heavy (non-hydrogen) atoms. The lowest BCUT2D eigenvalue weighted by Crippen LogP contribution is -2.40. The molecule has 1 aromatic rings. The van der Waals surface area contributed by atoms with Crippen molar-refractivity contribution in [1.82, 2.24) is 10.3 Å². The molecule has 0 bridgehead atoms. The van der Waals surface area contributed by atoms with E-state index in [9.17, 15) is 4.79 Å². The van der Waals surface area contributed by atoms with E-state index in [-0.39, 0.29) is 18.9 Å². The summed E-state index contributed by atoms with van der Waals surface area (Å²) in [7, 11) is 0. The molecule has 0 unspecified atom stereocenters. The molecule has 1 rings (SSSR count). The van der Waals surface area contributed by atoms with Gasteiger partial charge in [-0.05, 0) is 12.1 Å². The number of carbonyl (C=O) groups excluding carboxylic acids is 1. The first-order chi connectivity index (χ1) is 7.17. The van der Waals surface area contributed by atoms with Crippen molar-refractivity contribution in [2.45, 2.75) is 6.04 Å². The summed E-state index contributed by atoms with van der Waals surface area (Å²) >= 11 is 5.67. The number of hydrogen-bond donors (Lipinski definition) is 3. The third-order valence-electron chi connectivity index (χ3n) is 1.73. The topological polar surface area (TPSA) is 82.5 Å². The molecule has 0 aliphatic carbocycles. The Morgan fingerprint density at radius 2 is 2.20 bits per heavy atom. The van der Waals surface area contributed by atoms with Gasteiger partial charge in [0.05, 0.1) is 19.3 Å². The highest BCUT2D eigenvalue weighted by Gasteiger charge is 2.12. The Labute approximate surface area is 91.7 Å². The second-order valence-electron chi connectivity index (χ2n) is 2.89. The van der Waals surface area contributed by atoms with E-state index >= 15 is 0 Å². The van der Waals surface area contributed by atoms with E-state index in [1.165, 1.54) is 12.3 Å². The minimum atomic E-state index is -0.682. The van der Waals surface area contributed by atoms with E-state index in [1.807, 2.05) is 0 Å². The highest BCUT2D eigenvalue weighted by atomic mass is 35.5. The number of hydrogen-bond acceptors (Lipinski definition) is 4. The van der Waals surface area contributed by atoms with E-state index in [1.54, 1.807) is 6.07 Å². The van der Waals surface area contributed by atoms with Gasteiger partial charge in [-0.15, -0.1) is 0 Å². The molecule has 1 heterocycles. The molecule has 3 N–H and O–H groups in total. The van der Waals surface area contributed by atoms with E-state index in [0.29, 0.717) is 5.02 Å². The van der Waals surface area contributed by atoms with Crippen molar-refractivity contribution >= 4 is 17.5 Å². The average molecular weight is 231 g/mol. The molecule has 82 valence electrons. The highest BCUT2D eigenvalue weighted by Crippen LogP contribution is 2.07. The van der Waals surface area contributed by atoms with Crippen molar-refractivity contribution in [2.24, 2.45) is 0 Å². The number of aliphatic hydroxyl groups excluding tert-OH is 2. The van der Waals surface area contributed by atoms with Crippen molar-refractivity contribution in [3.63, 3.8) is 0 Å². The van der Waals surface area contributed by atoms with Crippen LogP contribution in [0.15, 0.2) is 18.3 Å². The highest BCUT2D eigenvalue weighted by molar-refractivity contribution is 6.30. The molecule has 6 heteroatoms. The van der Waals surface area contributed by atoms with Crippen LogP contribution in [0.5, 0.6) is 0 Å². The minimum absolute atomic E-state index is 0.148. The number of amides is 1. The van der Waals surface area contributed by atoms with Gasteiger partial charge in [0, 0.05) is 11.2 Å². The van der Waals surface area contributed by atoms with Gasteiger partial charge in [-0.2, -0.15) is 0 Å². The van der Waals surface area contributed by atoms with Gasteiger partial charge in [0.25, 0.3) is 5.91 Å². The fourth-order valence-electron chi connectivity index (χ4n) is 0.937. The van der Waals surface area contributed by atoms with Crippen molar-refractivity contribution in [3.8, 4) is 0 Å². The maximum absolute atomic E-state index is 11.5. The van der Waals surface area contributed by atoms with Crippen molar-refractivity contribution in [1.29, 1.82) is 0 Å². The summed E-state index contributed by atoms with van der Waals surface area (Å²) in [4.78, 5) is 15.3. The van der Waals surface area contributed by atoms with Gasteiger partial charge < -0.3 is 15.5 Å². The Kier molecular flexibility index (Phi) is 4.48. The number of halogens is 1. The molecular formula is C9H11ClN2O3. The number of nitrogens with one attached hydrogen (secondary N) is 1. The summed E-state index contributed by atoms with van der Waals surface area (Å²) < 4.78 is 0. The van der Waals surface area contributed by atoms with Crippen LogP contribution in [0.3, 0.4) is 0 Å². The predicted octanol–water partition coefficient (Wildman–Crippen LogP) is -0.182. The third kappa shape index (κ3) is 3.47. The van der Waals surface area contributed by atoms with Crippen LogP contribution >= 0.6 is 11.6 Å². The van der Waals surface area contributed by atoms with Crippen LogP contribution in [-0.4, -0.2) is 40.4 Å². The van der Waals surface area contributed by atoms with Gasteiger partial charge in [0.1, 0.15) is 5.69 Å². The predicted molar refractivity (Wildman–Crippen MR) is 54.7 cm³/mol. The molecule has 0 spiro atoms. The van der Waals surface area contributed by atoms with Crippen LogP contribution < -0.4 is 5.32 Å². The van der Waals surface area contributed by atoms with E-state index in [2.05, 4.69) is 10.3 Å². The van der Waals surface area contributed by atoms with E-state index in [0.717, 1.165) is 0 Å². The van der Waals surface area contributed by atoms with Gasteiger partial charge in [0.15, 0.2) is 0 Å². The van der Waals surface area contributed by atoms with E-state index in [4.69, 9.17) is 21.8 Å². The van der Waals surface area contributed by atoms with Gasteiger partial charge in [0.2, 0.25) is 0 Å². The molecule has 0 aliphatic heterocycles. The van der Waals surface area contributed by atoms with Crippen LogP contribution in [-0.2, 0) is 0 Å². The van der Waals surface area contributed by atoms with Gasteiger partial charge in [-0.25, -0.2) is 0 Å². The zero-order valence-electron chi connectivity index (χ0n) is 7.85. The monoisotopic (exact) mass is 230 g/mol. The second kappa shape index (κ2) is 5.65. The average Bonchev–Trinajstić information content (AvgIpc) is 2.25. The molecule has 5 nitrogen and oxygen atoms in total. The Bertz CT molecular complexity index is 342. The van der Waals surface area contributed by atoms with Crippen molar-refractivity contribution in [3.05, 3.63) is 29.0 Å². The van der Waals surface area contributed by atoms with Crippen molar-refractivity contribution < 1.29 is 15.0 Å². The normalized spacial score (nSPS) is 10.4. The quantitative estimate of drug-likeness (QED) is 0.670. The standard InChI is InChI=1S/C9H11ClN2O3/c10-6-1-2-11-8(3-6)9(15)12-7(4-13)5-14/h1-3,7,13-14H,4-5H2,(H,12,15). The van der Waals surface area contributed by atoms with Gasteiger partial charge >= 0.3 is 0 Å².